The second kappa shape index (κ2) is 6.72. The molecule has 1 fully saturated rings. The molecule has 17 heavy (non-hydrogen) atoms. The minimum Gasteiger partial charge on any atom is -0.377 e. The summed E-state index contributed by atoms with van der Waals surface area (Å²) in [5.41, 5.74) is 0.317. The number of nitrogens with one attached hydrogen (secondary N) is 1. The lowest BCUT2D eigenvalue weighted by Gasteiger charge is -2.32. The first kappa shape index (κ1) is 14.9. The van der Waals surface area contributed by atoms with Crippen LogP contribution in [0.5, 0.6) is 0 Å². The highest BCUT2D eigenvalue weighted by molar-refractivity contribution is 4.78. The van der Waals surface area contributed by atoms with Gasteiger partial charge in [-0.15, -0.1) is 0 Å². The van der Waals surface area contributed by atoms with Crippen molar-refractivity contribution in [1.29, 1.82) is 0 Å². The van der Waals surface area contributed by atoms with Gasteiger partial charge in [-0.25, -0.2) is 0 Å². The molecule has 102 valence electrons. The van der Waals surface area contributed by atoms with Crippen LogP contribution in [0, 0.1) is 5.41 Å². The summed E-state index contributed by atoms with van der Waals surface area (Å²) in [6.45, 7) is 13.3. The maximum atomic E-state index is 5.68. The van der Waals surface area contributed by atoms with E-state index in [1.807, 2.05) is 0 Å². The van der Waals surface area contributed by atoms with Crippen LogP contribution >= 0.6 is 0 Å². The Morgan fingerprint density at radius 1 is 1.41 bits per heavy atom. The van der Waals surface area contributed by atoms with Crippen LogP contribution < -0.4 is 5.32 Å². The van der Waals surface area contributed by atoms with Crippen molar-refractivity contribution in [3.63, 3.8) is 0 Å². The zero-order valence-corrected chi connectivity index (χ0v) is 12.3. The molecule has 0 aliphatic carbocycles. The lowest BCUT2D eigenvalue weighted by Crippen LogP contribution is -2.42. The van der Waals surface area contributed by atoms with Gasteiger partial charge >= 0.3 is 0 Å². The third-order valence-electron chi connectivity index (χ3n) is 3.23. The Hall–Kier alpha value is -0.120. The van der Waals surface area contributed by atoms with E-state index < -0.39 is 0 Å². The molecule has 0 bridgehead atoms. The van der Waals surface area contributed by atoms with Crippen LogP contribution in [0.4, 0.5) is 0 Å². The van der Waals surface area contributed by atoms with Gasteiger partial charge in [0, 0.05) is 32.3 Å². The highest BCUT2D eigenvalue weighted by atomic mass is 16.5. The van der Waals surface area contributed by atoms with E-state index in [1.54, 1.807) is 0 Å². The lowest BCUT2D eigenvalue weighted by atomic mass is 9.92. The fourth-order valence-electron chi connectivity index (χ4n) is 2.47. The summed E-state index contributed by atoms with van der Waals surface area (Å²) in [6, 6.07) is 0.567. The Balaban J connectivity index is 2.24. The summed E-state index contributed by atoms with van der Waals surface area (Å²) in [7, 11) is 2.21. The quantitative estimate of drug-likeness (QED) is 0.740. The molecule has 1 aliphatic heterocycles. The van der Waals surface area contributed by atoms with Crippen LogP contribution in [0.25, 0.3) is 0 Å². The molecule has 0 aromatic carbocycles. The fourth-order valence-corrected chi connectivity index (χ4v) is 2.47. The molecule has 0 spiro atoms. The van der Waals surface area contributed by atoms with Crippen molar-refractivity contribution >= 4 is 0 Å². The van der Waals surface area contributed by atoms with Gasteiger partial charge < -0.3 is 15.0 Å². The van der Waals surface area contributed by atoms with Gasteiger partial charge in [-0.2, -0.15) is 0 Å². The van der Waals surface area contributed by atoms with Gasteiger partial charge in [0.2, 0.25) is 0 Å². The normalized spacial score (nSPS) is 21.7. The van der Waals surface area contributed by atoms with Gasteiger partial charge in [0.05, 0.1) is 6.10 Å². The molecular weight excluding hydrogens is 212 g/mol. The van der Waals surface area contributed by atoms with Crippen molar-refractivity contribution in [3.05, 3.63) is 0 Å². The molecule has 3 nitrogen and oxygen atoms in total. The maximum absolute atomic E-state index is 5.68. The van der Waals surface area contributed by atoms with Gasteiger partial charge in [0.1, 0.15) is 0 Å². The lowest BCUT2D eigenvalue weighted by molar-refractivity contribution is 0.0692. The van der Waals surface area contributed by atoms with Crippen molar-refractivity contribution in [2.24, 2.45) is 5.41 Å². The molecule has 3 heteroatoms. The van der Waals surface area contributed by atoms with Crippen LogP contribution in [0.15, 0.2) is 0 Å². The van der Waals surface area contributed by atoms with Crippen LogP contribution in [0.3, 0.4) is 0 Å². The van der Waals surface area contributed by atoms with Gasteiger partial charge in [0.25, 0.3) is 0 Å². The number of hydrogen-bond acceptors (Lipinski definition) is 3. The van der Waals surface area contributed by atoms with Crippen LogP contribution in [-0.4, -0.2) is 50.3 Å². The molecule has 0 aromatic heterocycles. The number of ether oxygens (including phenoxy) is 1. The number of hydrogen-bond donors (Lipinski definition) is 1. The summed E-state index contributed by atoms with van der Waals surface area (Å²) in [5.74, 6) is 0. The SMILES string of the molecule is CC(C)NCC(C)(C)CN(C)CC1CCCO1. The van der Waals surface area contributed by atoms with Crippen LogP contribution in [-0.2, 0) is 4.74 Å². The first-order valence-electron chi connectivity index (χ1n) is 6.92. The molecule has 0 radical (unpaired) electrons. The number of likely N-dealkylation sites (N-methyl/N-ethyl adjacent to an activating group) is 1. The largest absolute Gasteiger partial charge is 0.377 e. The van der Waals surface area contributed by atoms with Crippen LogP contribution in [0.2, 0.25) is 0 Å². The Labute approximate surface area is 107 Å². The molecule has 0 aromatic rings. The Bertz CT molecular complexity index is 210. The molecule has 1 heterocycles. The smallest absolute Gasteiger partial charge is 0.0702 e. The maximum Gasteiger partial charge on any atom is 0.0702 e. The minimum absolute atomic E-state index is 0.317. The first-order chi connectivity index (χ1) is 7.89. The van der Waals surface area contributed by atoms with Crippen molar-refractivity contribution in [2.75, 3.05) is 33.3 Å². The number of nitrogens with zero attached hydrogens (tertiary/aromatic N) is 1. The van der Waals surface area contributed by atoms with E-state index in [4.69, 9.17) is 4.74 Å². The Kier molecular flexibility index (Phi) is 5.90. The average Bonchev–Trinajstić information content (AvgIpc) is 2.66. The van der Waals surface area contributed by atoms with Gasteiger partial charge in [0.15, 0.2) is 0 Å². The summed E-state index contributed by atoms with van der Waals surface area (Å²) in [4.78, 5) is 2.41. The van der Waals surface area contributed by atoms with Crippen molar-refractivity contribution < 1.29 is 4.74 Å². The molecule has 1 aliphatic rings. The Morgan fingerprint density at radius 2 is 2.12 bits per heavy atom. The third kappa shape index (κ3) is 6.39. The minimum atomic E-state index is 0.317. The van der Waals surface area contributed by atoms with E-state index in [9.17, 15) is 0 Å². The van der Waals surface area contributed by atoms with Gasteiger partial charge in [-0.05, 0) is 25.3 Å². The second-order valence-corrected chi connectivity index (χ2v) is 6.53. The fraction of sp³-hybridized carbons (Fsp3) is 1.00. The van der Waals surface area contributed by atoms with Crippen LogP contribution in [0.1, 0.15) is 40.5 Å². The zero-order valence-electron chi connectivity index (χ0n) is 12.3. The third-order valence-corrected chi connectivity index (χ3v) is 3.23. The molecule has 0 saturated carbocycles. The summed E-state index contributed by atoms with van der Waals surface area (Å²) in [6.07, 6.45) is 2.93. The van der Waals surface area contributed by atoms with Crippen molar-refractivity contribution in [1.82, 2.24) is 10.2 Å². The monoisotopic (exact) mass is 242 g/mol. The molecule has 1 unspecified atom stereocenters. The highest BCUT2D eigenvalue weighted by Crippen LogP contribution is 2.18. The molecule has 0 amide bonds. The second-order valence-electron chi connectivity index (χ2n) is 6.53. The zero-order chi connectivity index (χ0) is 12.9. The standard InChI is InChI=1S/C14H30N2O/c1-12(2)15-10-14(3,4)11-16(5)9-13-7-6-8-17-13/h12-13,15H,6-11H2,1-5H3. The molecule has 1 saturated heterocycles. The van der Waals surface area contributed by atoms with E-state index in [-0.39, 0.29) is 0 Å². The van der Waals surface area contributed by atoms with Crippen molar-refractivity contribution in [2.45, 2.75) is 52.7 Å². The van der Waals surface area contributed by atoms with E-state index in [2.05, 4.69) is 45.0 Å². The van der Waals surface area contributed by atoms with E-state index in [0.29, 0.717) is 17.6 Å². The first-order valence-corrected chi connectivity index (χ1v) is 6.92. The van der Waals surface area contributed by atoms with E-state index >= 15 is 0 Å². The highest BCUT2D eigenvalue weighted by Gasteiger charge is 2.23. The summed E-state index contributed by atoms with van der Waals surface area (Å²) in [5, 5.41) is 3.53. The molecule has 1 atom stereocenters. The predicted octanol–water partition coefficient (Wildman–Crippen LogP) is 2.12. The van der Waals surface area contributed by atoms with Gasteiger partial charge in [-0.3, -0.25) is 0 Å². The molecular formula is C14H30N2O. The predicted molar refractivity (Wildman–Crippen MR) is 73.4 cm³/mol. The van der Waals surface area contributed by atoms with E-state index in [1.165, 1.54) is 12.8 Å². The summed E-state index contributed by atoms with van der Waals surface area (Å²) < 4.78 is 5.68. The van der Waals surface area contributed by atoms with E-state index in [0.717, 1.165) is 26.2 Å². The number of rotatable bonds is 7. The topological polar surface area (TPSA) is 24.5 Å². The Morgan fingerprint density at radius 3 is 2.65 bits per heavy atom. The molecule has 1 N–H and O–H groups in total. The molecule has 1 rings (SSSR count). The summed E-state index contributed by atoms with van der Waals surface area (Å²) >= 11 is 0. The van der Waals surface area contributed by atoms with Gasteiger partial charge in [-0.1, -0.05) is 27.7 Å². The van der Waals surface area contributed by atoms with Crippen molar-refractivity contribution in [3.8, 4) is 0 Å². The average molecular weight is 242 g/mol.